The molecule has 1 rings (SSSR count). The third-order valence-corrected chi connectivity index (χ3v) is 2.27. The Bertz CT molecular complexity index is 505. The highest BCUT2D eigenvalue weighted by molar-refractivity contribution is 9.10. The van der Waals surface area contributed by atoms with Crippen LogP contribution in [-0.2, 0) is 19.1 Å². The Hall–Kier alpha value is -2.15. The second kappa shape index (κ2) is 7.32. The minimum atomic E-state index is -1.28. The van der Waals surface area contributed by atoms with E-state index >= 15 is 0 Å². The second-order valence-electron chi connectivity index (χ2n) is 3.21. The van der Waals surface area contributed by atoms with Gasteiger partial charge in [0.15, 0.2) is 6.61 Å². The summed E-state index contributed by atoms with van der Waals surface area (Å²) in [5.41, 5.74) is 0. The molecule has 100 valence electrons. The molecule has 0 spiro atoms. The van der Waals surface area contributed by atoms with Gasteiger partial charge in [-0.2, -0.15) is 0 Å². The van der Waals surface area contributed by atoms with Crippen molar-refractivity contribution in [1.82, 2.24) is 0 Å². The monoisotopic (exact) mass is 328 g/mol. The molecule has 0 aliphatic rings. The van der Waals surface area contributed by atoms with E-state index in [0.717, 1.165) is 4.47 Å². The molecule has 0 aromatic heterocycles. The molecule has 0 saturated carbocycles. The van der Waals surface area contributed by atoms with Crippen LogP contribution in [0.4, 0.5) is 0 Å². The number of rotatable bonds is 5. The second-order valence-corrected chi connectivity index (χ2v) is 4.12. The van der Waals surface area contributed by atoms with Crippen LogP contribution in [0.15, 0.2) is 40.9 Å². The van der Waals surface area contributed by atoms with Crippen molar-refractivity contribution in [1.29, 1.82) is 0 Å². The Morgan fingerprint density at radius 1 is 1.16 bits per heavy atom. The summed E-state index contributed by atoms with van der Waals surface area (Å²) in [7, 11) is 0. The van der Waals surface area contributed by atoms with E-state index in [9.17, 15) is 14.4 Å². The molecule has 7 heteroatoms. The first kappa shape index (κ1) is 14.9. The van der Waals surface area contributed by atoms with Crippen LogP contribution in [0.25, 0.3) is 0 Å². The van der Waals surface area contributed by atoms with Gasteiger partial charge in [0.2, 0.25) is 0 Å². The summed E-state index contributed by atoms with van der Waals surface area (Å²) >= 11 is 3.22. The highest BCUT2D eigenvalue weighted by Crippen LogP contribution is 2.16. The van der Waals surface area contributed by atoms with E-state index in [1.807, 2.05) is 0 Å². The van der Waals surface area contributed by atoms with Crippen molar-refractivity contribution in [3.05, 3.63) is 40.9 Å². The molecule has 0 amide bonds. The van der Waals surface area contributed by atoms with Crippen molar-refractivity contribution < 1.29 is 29.0 Å². The zero-order valence-electron chi connectivity index (χ0n) is 9.54. The lowest BCUT2D eigenvalue weighted by atomic mass is 10.3. The number of hydrogen-bond donors (Lipinski definition) is 1. The third kappa shape index (κ3) is 6.37. The smallest absolute Gasteiger partial charge is 0.349 e. The maximum Gasteiger partial charge on any atom is 0.349 e. The number of benzene rings is 1. The molecule has 0 bridgehead atoms. The van der Waals surface area contributed by atoms with E-state index in [1.54, 1.807) is 24.3 Å². The molecule has 19 heavy (non-hydrogen) atoms. The van der Waals surface area contributed by atoms with E-state index in [-0.39, 0.29) is 0 Å². The Morgan fingerprint density at radius 2 is 1.79 bits per heavy atom. The normalized spacial score (nSPS) is 10.2. The Morgan fingerprint density at radius 3 is 2.37 bits per heavy atom. The van der Waals surface area contributed by atoms with Crippen molar-refractivity contribution in [3.8, 4) is 5.75 Å². The van der Waals surface area contributed by atoms with Crippen molar-refractivity contribution in [3.63, 3.8) is 0 Å². The van der Waals surface area contributed by atoms with Crippen molar-refractivity contribution >= 4 is 33.8 Å². The fourth-order valence-electron chi connectivity index (χ4n) is 0.981. The summed E-state index contributed by atoms with van der Waals surface area (Å²) < 4.78 is 10.2. The Kier molecular flexibility index (Phi) is 5.74. The number of carboxylic acids is 1. The van der Waals surface area contributed by atoms with E-state index in [2.05, 4.69) is 20.7 Å². The molecule has 0 saturated heterocycles. The molecule has 0 radical (unpaired) electrons. The standard InChI is InChI=1S/C12H9BrO6/c13-8-1-3-9(4-2-8)19-12(17)7-18-11(16)6-5-10(14)15/h1-6H,7H2,(H,14,15)/b6-5+. The fraction of sp³-hybridized carbons (Fsp3) is 0.0833. The summed E-state index contributed by atoms with van der Waals surface area (Å²) in [6.07, 6.45) is 1.32. The van der Waals surface area contributed by atoms with E-state index in [1.165, 1.54) is 0 Å². The zero-order valence-corrected chi connectivity index (χ0v) is 11.1. The maximum atomic E-state index is 11.3. The molecular weight excluding hydrogens is 320 g/mol. The first-order valence-corrected chi connectivity index (χ1v) is 5.80. The first-order valence-electron chi connectivity index (χ1n) is 5.01. The van der Waals surface area contributed by atoms with Gasteiger partial charge in [-0.05, 0) is 24.3 Å². The van der Waals surface area contributed by atoms with Crippen LogP contribution in [0.1, 0.15) is 0 Å². The molecule has 6 nitrogen and oxygen atoms in total. The Balaban J connectivity index is 2.38. The first-order chi connectivity index (χ1) is 8.97. The molecule has 0 aliphatic heterocycles. The molecular formula is C12H9BrO6. The van der Waals surface area contributed by atoms with Gasteiger partial charge in [0.1, 0.15) is 5.75 Å². The van der Waals surface area contributed by atoms with Gasteiger partial charge in [-0.25, -0.2) is 14.4 Å². The molecule has 0 unspecified atom stereocenters. The lowest BCUT2D eigenvalue weighted by Crippen LogP contribution is -2.17. The van der Waals surface area contributed by atoms with Crippen LogP contribution in [0.3, 0.4) is 0 Å². The number of carbonyl (C=O) groups is 3. The minimum absolute atomic E-state index is 0.310. The van der Waals surface area contributed by atoms with Crippen molar-refractivity contribution in [2.24, 2.45) is 0 Å². The van der Waals surface area contributed by atoms with Crippen molar-refractivity contribution in [2.75, 3.05) is 6.61 Å². The zero-order chi connectivity index (χ0) is 14.3. The van der Waals surface area contributed by atoms with Gasteiger partial charge in [0.25, 0.3) is 0 Å². The predicted molar refractivity (Wildman–Crippen MR) is 67.5 cm³/mol. The number of aliphatic carboxylic acids is 1. The van der Waals surface area contributed by atoms with Gasteiger partial charge < -0.3 is 14.6 Å². The maximum absolute atomic E-state index is 11.3. The van der Waals surface area contributed by atoms with Crippen molar-refractivity contribution in [2.45, 2.75) is 0 Å². The van der Waals surface area contributed by atoms with Crippen LogP contribution < -0.4 is 4.74 Å². The van der Waals surface area contributed by atoms with Crippen LogP contribution in [0.2, 0.25) is 0 Å². The number of hydrogen-bond acceptors (Lipinski definition) is 5. The van der Waals surface area contributed by atoms with Gasteiger partial charge in [-0.1, -0.05) is 15.9 Å². The number of carboxylic acid groups (broad SMARTS) is 1. The van der Waals surface area contributed by atoms with Gasteiger partial charge >= 0.3 is 17.9 Å². The predicted octanol–water partition coefficient (Wildman–Crippen LogP) is 1.54. The molecule has 0 fully saturated rings. The lowest BCUT2D eigenvalue weighted by molar-refractivity contribution is -0.150. The highest BCUT2D eigenvalue weighted by Gasteiger charge is 2.08. The van der Waals surface area contributed by atoms with Crippen LogP contribution in [0.5, 0.6) is 5.75 Å². The highest BCUT2D eigenvalue weighted by atomic mass is 79.9. The molecule has 1 aromatic rings. The third-order valence-electron chi connectivity index (χ3n) is 1.74. The van der Waals surface area contributed by atoms with E-state index in [0.29, 0.717) is 17.9 Å². The average molecular weight is 329 g/mol. The molecule has 1 aromatic carbocycles. The van der Waals surface area contributed by atoms with Gasteiger partial charge in [0, 0.05) is 16.6 Å². The van der Waals surface area contributed by atoms with Gasteiger partial charge in [-0.15, -0.1) is 0 Å². The largest absolute Gasteiger partial charge is 0.478 e. The minimum Gasteiger partial charge on any atom is -0.478 e. The van der Waals surface area contributed by atoms with E-state index in [4.69, 9.17) is 9.84 Å². The van der Waals surface area contributed by atoms with Gasteiger partial charge in [0.05, 0.1) is 0 Å². The number of ether oxygens (including phenoxy) is 2. The number of esters is 2. The summed E-state index contributed by atoms with van der Waals surface area (Å²) in [6.45, 7) is -0.598. The lowest BCUT2D eigenvalue weighted by Gasteiger charge is -2.04. The summed E-state index contributed by atoms with van der Waals surface area (Å²) in [4.78, 5) is 32.4. The molecule has 0 heterocycles. The summed E-state index contributed by atoms with van der Waals surface area (Å²) in [6, 6.07) is 6.50. The van der Waals surface area contributed by atoms with Crippen LogP contribution >= 0.6 is 15.9 Å². The summed E-state index contributed by atoms with van der Waals surface area (Å²) in [5.74, 6) is -2.67. The van der Waals surface area contributed by atoms with Gasteiger partial charge in [-0.3, -0.25) is 0 Å². The SMILES string of the molecule is O=C(O)/C=C/C(=O)OCC(=O)Oc1ccc(Br)cc1. The van der Waals surface area contributed by atoms with Crippen LogP contribution in [-0.4, -0.2) is 29.6 Å². The summed E-state index contributed by atoms with van der Waals surface area (Å²) in [5, 5.41) is 8.27. The van der Waals surface area contributed by atoms with Crippen LogP contribution in [0, 0.1) is 0 Å². The average Bonchev–Trinajstić information content (AvgIpc) is 2.36. The topological polar surface area (TPSA) is 89.9 Å². The fourth-order valence-corrected chi connectivity index (χ4v) is 1.25. The number of halogens is 1. The number of carbonyl (C=O) groups excluding carboxylic acids is 2. The Labute approximate surface area is 116 Å². The van der Waals surface area contributed by atoms with E-state index < -0.39 is 24.5 Å². The molecule has 0 aliphatic carbocycles. The quantitative estimate of drug-likeness (QED) is 0.501. The molecule has 1 N–H and O–H groups in total. The molecule has 0 atom stereocenters.